The maximum absolute atomic E-state index is 9.73. The van der Waals surface area contributed by atoms with Crippen LogP contribution < -0.4 is 4.74 Å². The van der Waals surface area contributed by atoms with E-state index in [1.807, 2.05) is 24.3 Å². The second kappa shape index (κ2) is 10.6. The Hall–Kier alpha value is -1.10. The van der Waals surface area contributed by atoms with Crippen molar-refractivity contribution in [3.8, 4) is 5.75 Å². The Labute approximate surface area is 127 Å². The summed E-state index contributed by atoms with van der Waals surface area (Å²) in [5.41, 5.74) is 1.17. The topological polar surface area (TPSA) is 58.9 Å². The van der Waals surface area contributed by atoms with Gasteiger partial charge in [0, 0.05) is 6.61 Å². The van der Waals surface area contributed by atoms with Crippen LogP contribution in [0.4, 0.5) is 0 Å². The second-order valence-corrected chi connectivity index (χ2v) is 5.42. The average Bonchev–Trinajstić information content (AvgIpc) is 2.48. The second-order valence-electron chi connectivity index (χ2n) is 5.42. The zero-order valence-electron chi connectivity index (χ0n) is 13.1. The first-order valence-corrected chi connectivity index (χ1v) is 7.77. The van der Waals surface area contributed by atoms with Gasteiger partial charge in [-0.25, -0.2) is 0 Å². The van der Waals surface area contributed by atoms with E-state index in [2.05, 4.69) is 6.92 Å². The lowest BCUT2D eigenvalue weighted by molar-refractivity contribution is 0.0113. The van der Waals surface area contributed by atoms with Crippen molar-refractivity contribution in [2.45, 2.75) is 51.7 Å². The molecule has 0 amide bonds. The van der Waals surface area contributed by atoms with Crippen LogP contribution in [-0.4, -0.2) is 42.2 Å². The highest BCUT2D eigenvalue weighted by Crippen LogP contribution is 2.14. The van der Waals surface area contributed by atoms with Gasteiger partial charge in [-0.05, 0) is 43.9 Å². The van der Waals surface area contributed by atoms with Crippen molar-refractivity contribution >= 4 is 0 Å². The van der Waals surface area contributed by atoms with Crippen molar-refractivity contribution in [3.63, 3.8) is 0 Å². The molecule has 1 aromatic carbocycles. The molecule has 0 aliphatic heterocycles. The van der Waals surface area contributed by atoms with Crippen molar-refractivity contribution in [1.82, 2.24) is 0 Å². The van der Waals surface area contributed by atoms with Crippen LogP contribution >= 0.6 is 0 Å². The number of aryl methyl sites for hydroxylation is 1. The number of hydrogen-bond acceptors (Lipinski definition) is 4. The predicted octanol–water partition coefficient (Wildman–Crippen LogP) is 2.56. The Morgan fingerprint density at radius 1 is 1.10 bits per heavy atom. The molecule has 1 rings (SSSR count). The third-order valence-corrected chi connectivity index (χ3v) is 3.17. The van der Waals surface area contributed by atoms with Gasteiger partial charge in [0.25, 0.3) is 0 Å². The number of aliphatic hydroxyl groups is 2. The van der Waals surface area contributed by atoms with Gasteiger partial charge in [-0.1, -0.05) is 25.5 Å². The van der Waals surface area contributed by atoms with Crippen LogP contribution in [0.25, 0.3) is 0 Å². The van der Waals surface area contributed by atoms with E-state index in [-0.39, 0.29) is 12.7 Å². The summed E-state index contributed by atoms with van der Waals surface area (Å²) in [4.78, 5) is 0. The summed E-state index contributed by atoms with van der Waals surface area (Å²) >= 11 is 0. The minimum atomic E-state index is -0.600. The Morgan fingerprint density at radius 2 is 1.81 bits per heavy atom. The lowest BCUT2D eigenvalue weighted by Gasteiger charge is -2.13. The van der Waals surface area contributed by atoms with E-state index in [9.17, 15) is 10.2 Å². The van der Waals surface area contributed by atoms with E-state index in [0.717, 1.165) is 31.4 Å². The molecule has 0 radical (unpaired) electrons. The van der Waals surface area contributed by atoms with Gasteiger partial charge in [0.1, 0.15) is 18.5 Å². The summed E-state index contributed by atoms with van der Waals surface area (Å²) in [6, 6.07) is 7.76. The Balaban J connectivity index is 2.22. The van der Waals surface area contributed by atoms with E-state index in [1.165, 1.54) is 5.56 Å². The first-order valence-electron chi connectivity index (χ1n) is 7.77. The van der Waals surface area contributed by atoms with Crippen LogP contribution in [0.1, 0.15) is 38.7 Å². The van der Waals surface area contributed by atoms with Gasteiger partial charge in [-0.3, -0.25) is 0 Å². The molecule has 2 atom stereocenters. The Morgan fingerprint density at radius 3 is 2.43 bits per heavy atom. The SMILES string of the molecule is CCCCOCC(O)COc1ccc(CCC(C)O)cc1. The lowest BCUT2D eigenvalue weighted by Crippen LogP contribution is -2.23. The van der Waals surface area contributed by atoms with Gasteiger partial charge in [-0.2, -0.15) is 0 Å². The largest absolute Gasteiger partial charge is 0.491 e. The van der Waals surface area contributed by atoms with Gasteiger partial charge < -0.3 is 19.7 Å². The first kappa shape index (κ1) is 18.0. The van der Waals surface area contributed by atoms with E-state index in [4.69, 9.17) is 9.47 Å². The highest BCUT2D eigenvalue weighted by molar-refractivity contribution is 5.27. The van der Waals surface area contributed by atoms with E-state index in [1.54, 1.807) is 6.92 Å². The van der Waals surface area contributed by atoms with Crippen LogP contribution in [0.3, 0.4) is 0 Å². The fourth-order valence-corrected chi connectivity index (χ4v) is 1.83. The number of ether oxygens (including phenoxy) is 2. The van der Waals surface area contributed by atoms with Crippen molar-refractivity contribution in [3.05, 3.63) is 29.8 Å². The molecule has 1 aromatic rings. The van der Waals surface area contributed by atoms with Crippen LogP contribution in [0.5, 0.6) is 5.75 Å². The fraction of sp³-hybridized carbons (Fsp3) is 0.647. The van der Waals surface area contributed by atoms with Gasteiger partial charge in [0.05, 0.1) is 12.7 Å². The quantitative estimate of drug-likeness (QED) is 0.616. The monoisotopic (exact) mass is 296 g/mol. The molecule has 0 saturated heterocycles. The molecule has 2 N–H and O–H groups in total. The average molecular weight is 296 g/mol. The number of unbranched alkanes of at least 4 members (excludes halogenated alkanes) is 1. The highest BCUT2D eigenvalue weighted by atomic mass is 16.5. The molecule has 4 nitrogen and oxygen atoms in total. The molecule has 0 fully saturated rings. The normalized spacial score (nSPS) is 13.9. The molecule has 0 spiro atoms. The standard InChI is InChI=1S/C17H28O4/c1-3-4-11-20-12-16(19)13-21-17-9-7-15(8-10-17)6-5-14(2)18/h7-10,14,16,18-19H,3-6,11-13H2,1-2H3. The van der Waals surface area contributed by atoms with E-state index >= 15 is 0 Å². The summed E-state index contributed by atoms with van der Waals surface area (Å²) in [6.45, 7) is 5.13. The van der Waals surface area contributed by atoms with Crippen LogP contribution in [-0.2, 0) is 11.2 Å². The van der Waals surface area contributed by atoms with E-state index in [0.29, 0.717) is 13.2 Å². The molecule has 0 aliphatic carbocycles. The summed E-state index contributed by atoms with van der Waals surface area (Å²) in [7, 11) is 0. The molecule has 4 heteroatoms. The number of aliphatic hydroxyl groups excluding tert-OH is 2. The summed E-state index contributed by atoms with van der Waals surface area (Å²) in [6.07, 6.45) is 2.84. The maximum atomic E-state index is 9.73. The molecular formula is C17H28O4. The number of hydrogen-bond donors (Lipinski definition) is 2. The molecule has 2 unspecified atom stereocenters. The van der Waals surface area contributed by atoms with Gasteiger partial charge >= 0.3 is 0 Å². The van der Waals surface area contributed by atoms with Crippen LogP contribution in [0.15, 0.2) is 24.3 Å². The molecule has 0 saturated carbocycles. The zero-order valence-corrected chi connectivity index (χ0v) is 13.1. The smallest absolute Gasteiger partial charge is 0.119 e. The van der Waals surface area contributed by atoms with E-state index < -0.39 is 6.10 Å². The number of rotatable bonds is 11. The van der Waals surface area contributed by atoms with Crippen molar-refractivity contribution in [2.75, 3.05) is 19.8 Å². The Bertz CT molecular complexity index is 362. The molecule has 21 heavy (non-hydrogen) atoms. The van der Waals surface area contributed by atoms with Crippen molar-refractivity contribution < 1.29 is 19.7 Å². The third kappa shape index (κ3) is 8.71. The summed E-state index contributed by atoms with van der Waals surface area (Å²) in [5, 5.41) is 19.0. The van der Waals surface area contributed by atoms with Gasteiger partial charge in [0.15, 0.2) is 0 Å². The van der Waals surface area contributed by atoms with Crippen LogP contribution in [0, 0.1) is 0 Å². The fourth-order valence-electron chi connectivity index (χ4n) is 1.83. The minimum absolute atomic E-state index is 0.235. The molecule has 0 bridgehead atoms. The maximum Gasteiger partial charge on any atom is 0.119 e. The zero-order chi connectivity index (χ0) is 15.5. The van der Waals surface area contributed by atoms with Gasteiger partial charge in [0.2, 0.25) is 0 Å². The lowest BCUT2D eigenvalue weighted by atomic mass is 10.1. The molecule has 0 aromatic heterocycles. The summed E-state index contributed by atoms with van der Waals surface area (Å²) in [5.74, 6) is 0.739. The first-order chi connectivity index (χ1) is 10.1. The van der Waals surface area contributed by atoms with Crippen LogP contribution in [0.2, 0.25) is 0 Å². The molecule has 0 heterocycles. The van der Waals surface area contributed by atoms with Crippen molar-refractivity contribution in [1.29, 1.82) is 0 Å². The molecule has 0 aliphatic rings. The minimum Gasteiger partial charge on any atom is -0.491 e. The number of benzene rings is 1. The Kier molecular flexibility index (Phi) is 9.06. The van der Waals surface area contributed by atoms with Crippen molar-refractivity contribution in [2.24, 2.45) is 0 Å². The summed E-state index contributed by atoms with van der Waals surface area (Å²) < 4.78 is 10.9. The predicted molar refractivity (Wildman–Crippen MR) is 83.7 cm³/mol. The third-order valence-electron chi connectivity index (χ3n) is 3.17. The highest BCUT2D eigenvalue weighted by Gasteiger charge is 2.06. The van der Waals surface area contributed by atoms with Gasteiger partial charge in [-0.15, -0.1) is 0 Å². The molecular weight excluding hydrogens is 268 g/mol. The molecule has 120 valence electrons.